The number of hydrogen-bond acceptors (Lipinski definition) is 5. The van der Waals surface area contributed by atoms with Crippen LogP contribution in [-0.2, 0) is 4.79 Å². The second-order valence-corrected chi connectivity index (χ2v) is 8.86. The van der Waals surface area contributed by atoms with E-state index in [4.69, 9.17) is 4.98 Å². The second-order valence-electron chi connectivity index (χ2n) is 7.98. The number of thiophene rings is 1. The van der Waals surface area contributed by atoms with Crippen LogP contribution in [-0.4, -0.2) is 35.0 Å². The number of rotatable bonds is 4. The van der Waals surface area contributed by atoms with Crippen LogP contribution in [0.15, 0.2) is 34.4 Å². The molecular weight excluding hydrogens is 384 g/mol. The summed E-state index contributed by atoms with van der Waals surface area (Å²) in [5.74, 6) is 0.535. The lowest BCUT2D eigenvalue weighted by Gasteiger charge is -2.32. The summed E-state index contributed by atoms with van der Waals surface area (Å²) in [6, 6.07) is 8.26. The Morgan fingerprint density at radius 1 is 1.31 bits per heavy atom. The van der Waals surface area contributed by atoms with E-state index in [1.54, 1.807) is 0 Å². The molecule has 1 aliphatic rings. The smallest absolute Gasteiger partial charge is 0.270 e. The SMILES string of the molecule is Cc1ccccc1-c1csc2c(=O)[nH]c(N3CCC[C@@H](C(=O)NC(C)C)C3)nc12. The van der Waals surface area contributed by atoms with Gasteiger partial charge in [0.05, 0.1) is 11.4 Å². The highest BCUT2D eigenvalue weighted by Gasteiger charge is 2.28. The van der Waals surface area contributed by atoms with Crippen LogP contribution in [0.3, 0.4) is 0 Å². The molecule has 6 nitrogen and oxygen atoms in total. The molecule has 2 aromatic heterocycles. The number of fused-ring (bicyclic) bond motifs is 1. The van der Waals surface area contributed by atoms with Crippen LogP contribution in [0.25, 0.3) is 21.3 Å². The van der Waals surface area contributed by atoms with E-state index in [2.05, 4.69) is 29.4 Å². The third-order valence-corrected chi connectivity index (χ3v) is 6.34. The number of aromatic amines is 1. The zero-order chi connectivity index (χ0) is 20.5. The van der Waals surface area contributed by atoms with Gasteiger partial charge in [0.2, 0.25) is 11.9 Å². The minimum Gasteiger partial charge on any atom is -0.354 e. The minimum absolute atomic E-state index is 0.0734. The zero-order valence-corrected chi connectivity index (χ0v) is 17.8. The first-order valence-corrected chi connectivity index (χ1v) is 10.9. The number of nitrogens with one attached hydrogen (secondary N) is 2. The van der Waals surface area contributed by atoms with Crippen LogP contribution in [0.4, 0.5) is 5.95 Å². The summed E-state index contributed by atoms with van der Waals surface area (Å²) in [5, 5.41) is 5.01. The van der Waals surface area contributed by atoms with Gasteiger partial charge >= 0.3 is 0 Å². The predicted molar refractivity (Wildman–Crippen MR) is 119 cm³/mol. The Balaban J connectivity index is 1.70. The molecule has 152 valence electrons. The highest BCUT2D eigenvalue weighted by Crippen LogP contribution is 2.33. The average molecular weight is 411 g/mol. The molecule has 1 saturated heterocycles. The Hall–Kier alpha value is -2.67. The Bertz CT molecular complexity index is 1100. The van der Waals surface area contributed by atoms with Crippen molar-refractivity contribution in [3.8, 4) is 11.1 Å². The predicted octanol–water partition coefficient (Wildman–Crippen LogP) is 3.70. The van der Waals surface area contributed by atoms with Gasteiger partial charge in [-0.25, -0.2) is 4.98 Å². The Labute approximate surface area is 174 Å². The van der Waals surface area contributed by atoms with Gasteiger partial charge in [0.25, 0.3) is 5.56 Å². The molecule has 3 aromatic rings. The first-order valence-electron chi connectivity index (χ1n) is 10.1. The van der Waals surface area contributed by atoms with Crippen molar-refractivity contribution in [1.82, 2.24) is 15.3 Å². The number of piperidine rings is 1. The van der Waals surface area contributed by atoms with Gasteiger partial charge in [0.15, 0.2) is 0 Å². The van der Waals surface area contributed by atoms with E-state index >= 15 is 0 Å². The van der Waals surface area contributed by atoms with Crippen LogP contribution in [0, 0.1) is 12.8 Å². The number of hydrogen-bond donors (Lipinski definition) is 2. The third kappa shape index (κ3) is 3.92. The van der Waals surface area contributed by atoms with Crippen molar-refractivity contribution in [3.05, 3.63) is 45.6 Å². The molecule has 7 heteroatoms. The molecule has 1 aromatic carbocycles. The van der Waals surface area contributed by atoms with E-state index in [-0.39, 0.29) is 23.4 Å². The largest absolute Gasteiger partial charge is 0.354 e. The van der Waals surface area contributed by atoms with Gasteiger partial charge in [-0.1, -0.05) is 24.3 Å². The lowest BCUT2D eigenvalue weighted by Crippen LogP contribution is -2.45. The van der Waals surface area contributed by atoms with E-state index < -0.39 is 0 Å². The summed E-state index contributed by atoms with van der Waals surface area (Å²) in [6.07, 6.45) is 1.75. The molecule has 1 atom stereocenters. The fourth-order valence-electron chi connectivity index (χ4n) is 3.92. The number of carbonyl (C=O) groups is 1. The Morgan fingerprint density at radius 3 is 2.86 bits per heavy atom. The molecule has 1 aliphatic heterocycles. The number of anilines is 1. The maximum absolute atomic E-state index is 12.7. The summed E-state index contributed by atoms with van der Waals surface area (Å²) in [4.78, 5) is 35.0. The van der Waals surface area contributed by atoms with Gasteiger partial charge in [0.1, 0.15) is 4.70 Å². The number of carbonyl (C=O) groups excluding carboxylic acids is 1. The molecule has 0 radical (unpaired) electrons. The van der Waals surface area contributed by atoms with Crippen LogP contribution >= 0.6 is 11.3 Å². The first-order chi connectivity index (χ1) is 13.9. The number of nitrogens with zero attached hydrogens (tertiary/aromatic N) is 2. The summed E-state index contributed by atoms with van der Waals surface area (Å²) < 4.78 is 0.637. The zero-order valence-electron chi connectivity index (χ0n) is 17.0. The average Bonchev–Trinajstić information content (AvgIpc) is 3.12. The molecule has 4 rings (SSSR count). The Kier molecular flexibility index (Phi) is 5.41. The summed E-state index contributed by atoms with van der Waals surface area (Å²) in [6.45, 7) is 7.35. The van der Waals surface area contributed by atoms with Crippen molar-refractivity contribution >= 4 is 33.4 Å². The fraction of sp³-hybridized carbons (Fsp3) is 0.409. The highest BCUT2D eigenvalue weighted by molar-refractivity contribution is 7.17. The van der Waals surface area contributed by atoms with E-state index in [0.717, 1.165) is 41.6 Å². The summed E-state index contributed by atoms with van der Waals surface area (Å²) in [7, 11) is 0. The first kappa shape index (κ1) is 19.6. The number of H-pyrrole nitrogens is 1. The van der Waals surface area contributed by atoms with Gasteiger partial charge in [0, 0.05) is 30.1 Å². The molecule has 0 unspecified atom stereocenters. The molecule has 0 bridgehead atoms. The molecule has 0 aliphatic carbocycles. The minimum atomic E-state index is -0.122. The lowest BCUT2D eigenvalue weighted by atomic mass is 9.97. The molecule has 0 spiro atoms. The quantitative estimate of drug-likeness (QED) is 0.687. The number of benzene rings is 1. The maximum atomic E-state index is 12.7. The van der Waals surface area contributed by atoms with E-state index in [9.17, 15) is 9.59 Å². The number of aryl methyl sites for hydroxylation is 1. The molecule has 2 N–H and O–H groups in total. The Morgan fingerprint density at radius 2 is 2.10 bits per heavy atom. The fourth-order valence-corrected chi connectivity index (χ4v) is 4.82. The molecule has 1 amide bonds. The standard InChI is InChI=1S/C22H26N4O2S/c1-13(2)23-20(27)15-8-6-10-26(11-15)22-24-18-17(12-29-19(18)21(28)25-22)16-9-5-4-7-14(16)3/h4-5,7,9,12-13,15H,6,8,10-11H2,1-3H3,(H,23,27)(H,24,25,28)/t15-/m1/s1. The van der Waals surface area contributed by atoms with Crippen molar-refractivity contribution in [2.45, 2.75) is 39.7 Å². The highest BCUT2D eigenvalue weighted by atomic mass is 32.1. The molecule has 0 saturated carbocycles. The van der Waals surface area contributed by atoms with Crippen molar-refractivity contribution in [3.63, 3.8) is 0 Å². The summed E-state index contributed by atoms with van der Waals surface area (Å²) in [5.41, 5.74) is 3.84. The van der Waals surface area contributed by atoms with Crippen molar-refractivity contribution < 1.29 is 4.79 Å². The van der Waals surface area contributed by atoms with Crippen molar-refractivity contribution in [2.24, 2.45) is 5.92 Å². The third-order valence-electron chi connectivity index (χ3n) is 5.37. The van der Waals surface area contributed by atoms with Gasteiger partial charge in [-0.05, 0) is 44.7 Å². The lowest BCUT2D eigenvalue weighted by molar-refractivity contribution is -0.125. The topological polar surface area (TPSA) is 78.1 Å². The van der Waals surface area contributed by atoms with E-state index in [1.165, 1.54) is 11.3 Å². The van der Waals surface area contributed by atoms with E-state index in [0.29, 0.717) is 17.2 Å². The summed E-state index contributed by atoms with van der Waals surface area (Å²) >= 11 is 1.42. The van der Waals surface area contributed by atoms with Crippen LogP contribution in [0.5, 0.6) is 0 Å². The van der Waals surface area contributed by atoms with Gasteiger partial charge in [-0.2, -0.15) is 0 Å². The van der Waals surface area contributed by atoms with Crippen LogP contribution < -0.4 is 15.8 Å². The second kappa shape index (κ2) is 7.99. The van der Waals surface area contributed by atoms with Crippen LogP contribution in [0.1, 0.15) is 32.3 Å². The van der Waals surface area contributed by atoms with Gasteiger partial charge in [-0.3, -0.25) is 14.6 Å². The molecular formula is C22H26N4O2S. The molecule has 1 fully saturated rings. The van der Waals surface area contributed by atoms with E-state index in [1.807, 2.05) is 36.3 Å². The van der Waals surface area contributed by atoms with Crippen molar-refractivity contribution in [2.75, 3.05) is 18.0 Å². The molecule has 29 heavy (non-hydrogen) atoms. The number of amides is 1. The monoisotopic (exact) mass is 410 g/mol. The normalized spacial score (nSPS) is 17.1. The van der Waals surface area contributed by atoms with Crippen molar-refractivity contribution in [1.29, 1.82) is 0 Å². The van der Waals surface area contributed by atoms with Gasteiger partial charge < -0.3 is 10.2 Å². The van der Waals surface area contributed by atoms with Gasteiger partial charge in [-0.15, -0.1) is 11.3 Å². The molecule has 3 heterocycles. The van der Waals surface area contributed by atoms with Crippen LogP contribution in [0.2, 0.25) is 0 Å². The number of aromatic nitrogens is 2. The maximum Gasteiger partial charge on any atom is 0.270 e.